The van der Waals surface area contributed by atoms with E-state index in [0.717, 1.165) is 50.0 Å². The van der Waals surface area contributed by atoms with Crippen LogP contribution in [-0.4, -0.2) is 54.7 Å². The van der Waals surface area contributed by atoms with Gasteiger partial charge in [0.25, 0.3) is 0 Å². The van der Waals surface area contributed by atoms with Crippen molar-refractivity contribution in [3.05, 3.63) is 47.2 Å². The van der Waals surface area contributed by atoms with Crippen LogP contribution in [0.2, 0.25) is 5.02 Å². The van der Waals surface area contributed by atoms with Crippen molar-refractivity contribution in [1.82, 2.24) is 14.9 Å². The van der Waals surface area contributed by atoms with Gasteiger partial charge in [-0.2, -0.15) is 4.98 Å². The summed E-state index contributed by atoms with van der Waals surface area (Å²) in [6.07, 6.45) is 4.41. The van der Waals surface area contributed by atoms with Crippen LogP contribution in [0.3, 0.4) is 0 Å². The molecular formula is C17H21ClN4O. The number of rotatable bonds is 5. The van der Waals surface area contributed by atoms with Crippen LogP contribution in [0.1, 0.15) is 5.56 Å². The minimum Gasteiger partial charge on any atom is -0.480 e. The maximum absolute atomic E-state index is 6.22. The lowest BCUT2D eigenvalue weighted by molar-refractivity contribution is 0.260. The number of benzene rings is 1. The van der Waals surface area contributed by atoms with E-state index in [1.807, 2.05) is 18.2 Å². The number of hydrogen-bond donors (Lipinski definition) is 0. The second-order valence-electron chi connectivity index (χ2n) is 5.59. The number of nitrogens with zero attached hydrogens (tertiary/aromatic N) is 4. The summed E-state index contributed by atoms with van der Waals surface area (Å²) >= 11 is 6.22. The van der Waals surface area contributed by atoms with Crippen LogP contribution in [-0.2, 0) is 6.42 Å². The summed E-state index contributed by atoms with van der Waals surface area (Å²) in [5.74, 6) is 1.44. The second-order valence-corrected chi connectivity index (χ2v) is 6.00. The molecule has 1 fully saturated rings. The Bertz CT molecular complexity index is 644. The molecule has 0 N–H and O–H groups in total. The molecule has 1 aliphatic heterocycles. The van der Waals surface area contributed by atoms with Gasteiger partial charge in [0, 0.05) is 37.7 Å². The van der Waals surface area contributed by atoms with Crippen molar-refractivity contribution < 1.29 is 4.74 Å². The fourth-order valence-corrected chi connectivity index (χ4v) is 3.00. The SMILES string of the molecule is COc1cncc(N2CCN(CCc3ccccc3Cl)CC2)n1. The van der Waals surface area contributed by atoms with Crippen LogP contribution in [0, 0.1) is 0 Å². The average Bonchev–Trinajstić information content (AvgIpc) is 2.61. The summed E-state index contributed by atoms with van der Waals surface area (Å²) in [4.78, 5) is 13.3. The highest BCUT2D eigenvalue weighted by Gasteiger charge is 2.18. The van der Waals surface area contributed by atoms with Crippen LogP contribution in [0.15, 0.2) is 36.7 Å². The van der Waals surface area contributed by atoms with Crippen molar-refractivity contribution in [3.63, 3.8) is 0 Å². The predicted molar refractivity (Wildman–Crippen MR) is 92.4 cm³/mol. The van der Waals surface area contributed by atoms with Gasteiger partial charge in [0.15, 0.2) is 5.82 Å². The maximum atomic E-state index is 6.22. The van der Waals surface area contributed by atoms with E-state index in [4.69, 9.17) is 16.3 Å². The fourth-order valence-electron chi connectivity index (χ4n) is 2.77. The maximum Gasteiger partial charge on any atom is 0.233 e. The summed E-state index contributed by atoms with van der Waals surface area (Å²) < 4.78 is 5.14. The lowest BCUT2D eigenvalue weighted by atomic mass is 10.1. The molecular weight excluding hydrogens is 312 g/mol. The molecule has 2 aromatic rings. The van der Waals surface area contributed by atoms with E-state index in [1.54, 1.807) is 19.5 Å². The number of piperazine rings is 1. The van der Waals surface area contributed by atoms with E-state index in [0.29, 0.717) is 5.88 Å². The fraction of sp³-hybridized carbons (Fsp3) is 0.412. The summed E-state index contributed by atoms with van der Waals surface area (Å²) in [5, 5.41) is 0.859. The van der Waals surface area contributed by atoms with E-state index in [1.165, 1.54) is 5.56 Å². The van der Waals surface area contributed by atoms with Crippen molar-refractivity contribution in [3.8, 4) is 5.88 Å². The Morgan fingerprint density at radius 2 is 1.91 bits per heavy atom. The molecule has 0 saturated carbocycles. The second kappa shape index (κ2) is 7.62. The van der Waals surface area contributed by atoms with Crippen LogP contribution >= 0.6 is 11.6 Å². The third-order valence-electron chi connectivity index (χ3n) is 4.16. The molecule has 122 valence electrons. The Morgan fingerprint density at radius 1 is 1.13 bits per heavy atom. The van der Waals surface area contributed by atoms with Crippen molar-refractivity contribution in [1.29, 1.82) is 0 Å². The molecule has 0 amide bonds. The number of halogens is 1. The standard InChI is InChI=1S/C17H21ClN4O/c1-23-17-13-19-12-16(20-17)22-10-8-21(9-11-22)7-6-14-4-2-3-5-15(14)18/h2-5,12-13H,6-11H2,1H3. The van der Waals surface area contributed by atoms with Crippen LogP contribution in [0.5, 0.6) is 5.88 Å². The van der Waals surface area contributed by atoms with Crippen molar-refractivity contribution >= 4 is 17.4 Å². The van der Waals surface area contributed by atoms with Crippen LogP contribution < -0.4 is 9.64 Å². The normalized spacial score (nSPS) is 15.7. The Morgan fingerprint density at radius 3 is 2.65 bits per heavy atom. The molecule has 0 aliphatic carbocycles. The molecule has 2 heterocycles. The minimum absolute atomic E-state index is 0.559. The van der Waals surface area contributed by atoms with E-state index < -0.39 is 0 Å². The summed E-state index contributed by atoms with van der Waals surface area (Å²) in [5.41, 5.74) is 1.22. The van der Waals surface area contributed by atoms with Gasteiger partial charge in [0.2, 0.25) is 5.88 Å². The molecule has 1 aliphatic rings. The van der Waals surface area contributed by atoms with E-state index in [9.17, 15) is 0 Å². The molecule has 1 saturated heterocycles. The zero-order valence-electron chi connectivity index (χ0n) is 13.3. The quantitative estimate of drug-likeness (QED) is 0.841. The van der Waals surface area contributed by atoms with E-state index in [2.05, 4.69) is 25.8 Å². The zero-order valence-corrected chi connectivity index (χ0v) is 14.0. The molecule has 0 unspecified atom stereocenters. The van der Waals surface area contributed by atoms with Gasteiger partial charge in [-0.1, -0.05) is 29.8 Å². The molecule has 23 heavy (non-hydrogen) atoms. The van der Waals surface area contributed by atoms with Gasteiger partial charge in [-0.3, -0.25) is 9.88 Å². The highest BCUT2D eigenvalue weighted by Crippen LogP contribution is 2.18. The van der Waals surface area contributed by atoms with Gasteiger partial charge in [-0.25, -0.2) is 0 Å². The molecule has 3 rings (SSSR count). The first-order chi connectivity index (χ1) is 11.3. The number of aromatic nitrogens is 2. The molecule has 5 nitrogen and oxygen atoms in total. The average molecular weight is 333 g/mol. The minimum atomic E-state index is 0.559. The lowest BCUT2D eigenvalue weighted by Crippen LogP contribution is -2.47. The molecule has 0 radical (unpaired) electrons. The largest absolute Gasteiger partial charge is 0.480 e. The zero-order chi connectivity index (χ0) is 16.1. The van der Waals surface area contributed by atoms with E-state index in [-0.39, 0.29) is 0 Å². The topological polar surface area (TPSA) is 41.5 Å². The number of anilines is 1. The van der Waals surface area contributed by atoms with Gasteiger partial charge < -0.3 is 9.64 Å². The van der Waals surface area contributed by atoms with Gasteiger partial charge in [0.05, 0.1) is 19.5 Å². The van der Waals surface area contributed by atoms with E-state index >= 15 is 0 Å². The van der Waals surface area contributed by atoms with Gasteiger partial charge in [0.1, 0.15) is 0 Å². The van der Waals surface area contributed by atoms with Crippen LogP contribution in [0.25, 0.3) is 0 Å². The summed E-state index contributed by atoms with van der Waals surface area (Å²) in [6.45, 7) is 4.96. The molecule has 0 bridgehead atoms. The molecule has 0 spiro atoms. The summed E-state index contributed by atoms with van der Waals surface area (Å²) in [6, 6.07) is 8.07. The van der Waals surface area contributed by atoms with Gasteiger partial charge in [-0.15, -0.1) is 0 Å². The third-order valence-corrected chi connectivity index (χ3v) is 4.53. The first-order valence-electron chi connectivity index (χ1n) is 7.83. The Balaban J connectivity index is 1.51. The summed E-state index contributed by atoms with van der Waals surface area (Å²) in [7, 11) is 1.61. The smallest absolute Gasteiger partial charge is 0.233 e. The predicted octanol–water partition coefficient (Wildman–Crippen LogP) is 2.50. The van der Waals surface area contributed by atoms with Gasteiger partial charge in [-0.05, 0) is 18.1 Å². The Hall–Kier alpha value is -1.85. The van der Waals surface area contributed by atoms with Crippen LogP contribution in [0.4, 0.5) is 5.82 Å². The van der Waals surface area contributed by atoms with Gasteiger partial charge >= 0.3 is 0 Å². The first-order valence-corrected chi connectivity index (χ1v) is 8.21. The number of methoxy groups -OCH3 is 1. The third kappa shape index (κ3) is 4.12. The monoisotopic (exact) mass is 332 g/mol. The van der Waals surface area contributed by atoms with Crippen molar-refractivity contribution in [2.24, 2.45) is 0 Å². The number of ether oxygens (including phenoxy) is 1. The Labute approximate surface area is 141 Å². The molecule has 0 atom stereocenters. The number of hydrogen-bond acceptors (Lipinski definition) is 5. The molecule has 1 aromatic heterocycles. The first kappa shape index (κ1) is 16.0. The molecule has 6 heteroatoms. The molecule has 1 aromatic carbocycles. The highest BCUT2D eigenvalue weighted by molar-refractivity contribution is 6.31. The highest BCUT2D eigenvalue weighted by atomic mass is 35.5. The van der Waals surface area contributed by atoms with Crippen molar-refractivity contribution in [2.75, 3.05) is 44.7 Å². The van der Waals surface area contributed by atoms with Crippen molar-refractivity contribution in [2.45, 2.75) is 6.42 Å². The lowest BCUT2D eigenvalue weighted by Gasteiger charge is -2.35. The Kier molecular flexibility index (Phi) is 5.31.